The molecule has 54 heavy (non-hydrogen) atoms. The predicted molar refractivity (Wildman–Crippen MR) is 224 cm³/mol. The fraction of sp³-hybridized carbons (Fsp3) is 0.667. The minimum absolute atomic E-state index is 0. The Hall–Kier alpha value is -3.27. The highest BCUT2D eigenvalue weighted by atomic mass is 16.2. The van der Waals surface area contributed by atoms with E-state index in [9.17, 15) is 14.4 Å². The van der Waals surface area contributed by atoms with Crippen molar-refractivity contribution in [2.24, 2.45) is 11.8 Å². The van der Waals surface area contributed by atoms with E-state index in [2.05, 4.69) is 21.6 Å². The largest absolute Gasteiger partial charge is 0.412 e. The first kappa shape index (κ1) is 46.9. The zero-order chi connectivity index (χ0) is 38.6. The van der Waals surface area contributed by atoms with Crippen molar-refractivity contribution in [2.45, 2.75) is 109 Å². The smallest absolute Gasteiger partial charge is 0.254 e. The van der Waals surface area contributed by atoms with Crippen molar-refractivity contribution in [3.8, 4) is 0 Å². The van der Waals surface area contributed by atoms with Crippen molar-refractivity contribution in [1.29, 1.82) is 0 Å². The maximum Gasteiger partial charge on any atom is 0.254 e. The van der Waals surface area contributed by atoms with Crippen LogP contribution in [0.5, 0.6) is 0 Å². The van der Waals surface area contributed by atoms with Crippen LogP contribution in [-0.2, 0) is 0 Å². The van der Waals surface area contributed by atoms with Crippen LogP contribution < -0.4 is 0 Å². The molecule has 0 aromatic heterocycles. The van der Waals surface area contributed by atoms with Gasteiger partial charge in [-0.1, -0.05) is 82.9 Å². The summed E-state index contributed by atoms with van der Waals surface area (Å²) in [5, 5.41) is 0. The van der Waals surface area contributed by atoms with E-state index in [4.69, 9.17) is 0 Å². The van der Waals surface area contributed by atoms with Gasteiger partial charge in [-0.15, -0.1) is 0 Å². The third kappa shape index (κ3) is 16.2. The van der Waals surface area contributed by atoms with E-state index >= 15 is 0 Å². The molecule has 1 heterocycles. The zero-order valence-corrected chi connectivity index (χ0v) is 35.0. The van der Waals surface area contributed by atoms with Gasteiger partial charge in [0.05, 0.1) is 0 Å². The van der Waals surface area contributed by atoms with E-state index < -0.39 is 0 Å². The molecule has 3 amide bonds. The van der Waals surface area contributed by atoms with Gasteiger partial charge in [0, 0.05) is 56.5 Å². The maximum atomic E-state index is 13.1. The quantitative estimate of drug-likeness (QED) is 0.209. The van der Waals surface area contributed by atoms with Gasteiger partial charge in [0.15, 0.2) is 0 Å². The first-order valence-corrected chi connectivity index (χ1v) is 20.8. The normalized spacial score (nSPS) is 18.3. The molecule has 3 aliphatic rings. The maximum absolute atomic E-state index is 13.1. The van der Waals surface area contributed by atoms with Gasteiger partial charge >= 0.3 is 0 Å². The first-order chi connectivity index (χ1) is 25.5. The summed E-state index contributed by atoms with van der Waals surface area (Å²) < 4.78 is 0. The Morgan fingerprint density at radius 3 is 1.61 bits per heavy atom. The average molecular weight is 750 g/mol. The molecule has 5 rings (SSSR count). The molecule has 2 aromatic rings. The van der Waals surface area contributed by atoms with Gasteiger partial charge in [-0.3, -0.25) is 14.4 Å². The highest BCUT2D eigenvalue weighted by Gasteiger charge is 2.36. The molecule has 2 saturated carbocycles. The molecule has 0 bridgehead atoms. The number of fused-ring (bicyclic) bond motifs is 1. The van der Waals surface area contributed by atoms with Crippen LogP contribution >= 0.6 is 0 Å². The minimum Gasteiger partial charge on any atom is -0.412 e. The van der Waals surface area contributed by atoms with Crippen LogP contribution in [0.3, 0.4) is 0 Å². The molecular weight excluding hydrogens is 675 g/mol. The number of piperidine rings is 1. The highest BCUT2D eigenvalue weighted by molar-refractivity contribution is 5.98. The molecule has 0 unspecified atom stereocenters. The van der Waals surface area contributed by atoms with E-state index in [-0.39, 0.29) is 23.2 Å². The van der Waals surface area contributed by atoms with Crippen LogP contribution in [0.4, 0.5) is 0 Å². The van der Waals surface area contributed by atoms with Crippen molar-refractivity contribution in [2.75, 3.05) is 75.0 Å². The molecule has 9 heteroatoms. The number of hydrogen-bond donors (Lipinski definition) is 0. The summed E-state index contributed by atoms with van der Waals surface area (Å²) in [6.45, 7) is 6.67. The summed E-state index contributed by atoms with van der Waals surface area (Å²) >= 11 is 0. The van der Waals surface area contributed by atoms with Crippen molar-refractivity contribution in [3.05, 3.63) is 71.3 Å². The molecule has 2 atom stereocenters. The van der Waals surface area contributed by atoms with Gasteiger partial charge in [0.1, 0.15) is 0 Å². The fourth-order valence-corrected chi connectivity index (χ4v) is 8.16. The molecule has 2 aromatic carbocycles. The number of amides is 3. The van der Waals surface area contributed by atoms with Crippen LogP contribution in [0.25, 0.3) is 0 Å². The monoisotopic (exact) mass is 750 g/mol. The second kappa shape index (κ2) is 25.7. The lowest BCUT2D eigenvalue weighted by Gasteiger charge is -2.44. The molecule has 9 nitrogen and oxygen atoms in total. The van der Waals surface area contributed by atoms with E-state index in [0.29, 0.717) is 23.1 Å². The second-order valence-electron chi connectivity index (χ2n) is 16.3. The summed E-state index contributed by atoms with van der Waals surface area (Å²) in [7, 11) is 11.8. The van der Waals surface area contributed by atoms with Gasteiger partial charge in [-0.25, -0.2) is 0 Å². The topological polar surface area (TPSA) is 98.9 Å². The Labute approximate surface area is 328 Å². The number of nitrogens with zero attached hydrogens (tertiary/aromatic N) is 5. The number of rotatable bonds is 13. The zero-order valence-electron chi connectivity index (χ0n) is 35.0. The van der Waals surface area contributed by atoms with Gasteiger partial charge in [-0.2, -0.15) is 0 Å². The van der Waals surface area contributed by atoms with Crippen molar-refractivity contribution in [3.63, 3.8) is 0 Å². The van der Waals surface area contributed by atoms with Crippen molar-refractivity contribution < 1.29 is 19.9 Å². The standard InChI is InChI=1S/C23H35N3O2.C13H20N2O.C9H18.H2O/c1-24(2)15-7-16-25(3)22(27)19-11-13-20(14-12-19)23(28)26-17-6-9-18-8-4-5-10-21(18)26;1-14(2)10-7-11-15(3)13(16)12-8-5-4-6-9-12;1-2-6-9-7-4-3-5-8-9;/h11-14,18,21H,4-10,15-17H2,1-3H3;4-6,8-9H,7,10-11H2,1-3H3;9H,2-8H2,1H3;1H2/t18-,21-;;;/m0.../s1. The van der Waals surface area contributed by atoms with Crippen molar-refractivity contribution >= 4 is 17.7 Å². The van der Waals surface area contributed by atoms with Crippen LogP contribution in [0.1, 0.15) is 134 Å². The van der Waals surface area contributed by atoms with Crippen molar-refractivity contribution in [1.82, 2.24) is 24.5 Å². The number of carbonyl (C=O) groups is 3. The third-order valence-corrected chi connectivity index (χ3v) is 11.2. The number of benzene rings is 2. The molecule has 304 valence electrons. The van der Waals surface area contributed by atoms with Crippen LogP contribution in [0, 0.1) is 11.8 Å². The molecule has 2 aliphatic carbocycles. The first-order valence-electron chi connectivity index (χ1n) is 20.8. The lowest BCUT2D eigenvalue weighted by Crippen LogP contribution is -2.49. The van der Waals surface area contributed by atoms with Gasteiger partial charge in [0.25, 0.3) is 17.7 Å². The Balaban J connectivity index is 0.000000325. The molecular formula is C45H75N5O4. The SMILES string of the molecule is CCCC1CCCCC1.CN(C)CCCN(C)C(=O)c1ccc(C(=O)N2CCC[C@@H]3CCCC[C@@H]32)cc1.CN(C)CCCN(C)C(=O)c1ccccc1.O. The Morgan fingerprint density at radius 2 is 1.07 bits per heavy atom. The molecule has 0 spiro atoms. The molecule has 0 radical (unpaired) electrons. The Bertz CT molecular complexity index is 1320. The number of likely N-dealkylation sites (tertiary alicyclic amines) is 1. The summed E-state index contributed by atoms with van der Waals surface area (Å²) in [4.78, 5) is 47.5. The molecule has 1 saturated heterocycles. The minimum atomic E-state index is 0. The van der Waals surface area contributed by atoms with Gasteiger partial charge < -0.3 is 30.0 Å². The Kier molecular flexibility index (Phi) is 22.3. The number of hydrogen-bond acceptors (Lipinski definition) is 5. The van der Waals surface area contributed by atoms with E-state index in [0.717, 1.165) is 69.9 Å². The summed E-state index contributed by atoms with van der Waals surface area (Å²) in [5.74, 6) is 2.03. The van der Waals surface area contributed by atoms with E-state index in [1.165, 1.54) is 70.6 Å². The number of carbonyl (C=O) groups excluding carboxylic acids is 3. The summed E-state index contributed by atoms with van der Waals surface area (Å²) in [5.41, 5.74) is 2.12. The van der Waals surface area contributed by atoms with E-state index in [1.54, 1.807) is 21.9 Å². The van der Waals surface area contributed by atoms with Crippen LogP contribution in [0.15, 0.2) is 54.6 Å². The predicted octanol–water partition coefficient (Wildman–Crippen LogP) is 7.76. The molecule has 3 fully saturated rings. The average Bonchev–Trinajstić information content (AvgIpc) is 3.18. The highest BCUT2D eigenvalue weighted by Crippen LogP contribution is 2.36. The third-order valence-electron chi connectivity index (χ3n) is 11.2. The van der Waals surface area contributed by atoms with Gasteiger partial charge in [-0.05, 0) is 128 Å². The lowest BCUT2D eigenvalue weighted by atomic mass is 9.78. The Morgan fingerprint density at radius 1 is 0.593 bits per heavy atom. The van der Waals surface area contributed by atoms with Gasteiger partial charge in [0.2, 0.25) is 0 Å². The second-order valence-corrected chi connectivity index (χ2v) is 16.3. The summed E-state index contributed by atoms with van der Waals surface area (Å²) in [6, 6.07) is 17.1. The lowest BCUT2D eigenvalue weighted by molar-refractivity contribution is 0.0390. The van der Waals surface area contributed by atoms with Crippen LogP contribution in [-0.4, -0.2) is 129 Å². The fourth-order valence-electron chi connectivity index (χ4n) is 8.16. The molecule has 1 aliphatic heterocycles. The molecule has 2 N–H and O–H groups in total. The summed E-state index contributed by atoms with van der Waals surface area (Å²) in [6.07, 6.45) is 19.7. The van der Waals surface area contributed by atoms with E-state index in [1.807, 2.05) is 84.8 Å². The van der Waals surface area contributed by atoms with Crippen LogP contribution in [0.2, 0.25) is 0 Å².